The minimum atomic E-state index is -0.376. The summed E-state index contributed by atoms with van der Waals surface area (Å²) < 4.78 is 0. The number of benzene rings is 1. The molecule has 98 valence electrons. The van der Waals surface area contributed by atoms with Crippen LogP contribution < -0.4 is 10.7 Å². The van der Waals surface area contributed by atoms with Crippen molar-refractivity contribution in [3.05, 3.63) is 40.2 Å². The number of nitrogens with one attached hydrogen (secondary N) is 2. The second-order valence-electron chi connectivity index (χ2n) is 4.90. The zero-order valence-corrected chi connectivity index (χ0v) is 10.5. The fourth-order valence-corrected chi connectivity index (χ4v) is 2.55. The average Bonchev–Trinajstić information content (AvgIpc) is 2.92. The van der Waals surface area contributed by atoms with Gasteiger partial charge in [0.05, 0.1) is 5.52 Å². The molecule has 3 rings (SSSR count). The van der Waals surface area contributed by atoms with E-state index in [1.165, 1.54) is 0 Å². The third-order valence-corrected chi connectivity index (χ3v) is 3.58. The first-order valence-electron chi connectivity index (χ1n) is 6.54. The largest absolute Gasteiger partial charge is 0.348 e. The lowest BCUT2D eigenvalue weighted by Crippen LogP contribution is -2.36. The predicted octanol–water partition coefficient (Wildman–Crippen LogP) is 1.60. The minimum absolute atomic E-state index is 0.0504. The van der Waals surface area contributed by atoms with Gasteiger partial charge in [0.25, 0.3) is 5.91 Å². The summed E-state index contributed by atoms with van der Waals surface area (Å²) in [6.45, 7) is 0. The van der Waals surface area contributed by atoms with Crippen LogP contribution in [0.4, 0.5) is 0 Å². The van der Waals surface area contributed by atoms with Crippen LogP contribution in [0, 0.1) is 0 Å². The van der Waals surface area contributed by atoms with Gasteiger partial charge < -0.3 is 5.32 Å². The topological polar surface area (TPSA) is 74.8 Å². The molecule has 2 N–H and O–H groups in total. The predicted molar refractivity (Wildman–Crippen MR) is 72.1 cm³/mol. The Morgan fingerprint density at radius 1 is 1.26 bits per heavy atom. The maximum Gasteiger partial charge on any atom is 0.276 e. The summed E-state index contributed by atoms with van der Waals surface area (Å²) in [5.41, 5.74) is 0.278. The zero-order valence-electron chi connectivity index (χ0n) is 10.5. The molecular weight excluding hydrogens is 242 g/mol. The highest BCUT2D eigenvalue weighted by Gasteiger charge is 2.21. The number of H-pyrrole nitrogens is 1. The van der Waals surface area contributed by atoms with Crippen molar-refractivity contribution in [2.24, 2.45) is 0 Å². The van der Waals surface area contributed by atoms with Crippen molar-refractivity contribution in [3.63, 3.8) is 0 Å². The van der Waals surface area contributed by atoms with E-state index >= 15 is 0 Å². The monoisotopic (exact) mass is 257 g/mol. The van der Waals surface area contributed by atoms with E-state index in [0.29, 0.717) is 10.9 Å². The highest BCUT2D eigenvalue weighted by Crippen LogP contribution is 2.17. The summed E-state index contributed by atoms with van der Waals surface area (Å²) in [6.07, 6.45) is 4.23. The summed E-state index contributed by atoms with van der Waals surface area (Å²) >= 11 is 0. The molecule has 0 bridgehead atoms. The first kappa shape index (κ1) is 11.9. The number of carbonyl (C=O) groups is 1. The number of carbonyl (C=O) groups excluding carboxylic acids is 1. The number of aromatic amines is 1. The van der Waals surface area contributed by atoms with Crippen LogP contribution in [-0.2, 0) is 0 Å². The summed E-state index contributed by atoms with van der Waals surface area (Å²) in [6, 6.07) is 7.24. The Balaban J connectivity index is 1.94. The van der Waals surface area contributed by atoms with Crippen LogP contribution in [0.2, 0.25) is 0 Å². The number of hydrogen-bond donors (Lipinski definition) is 2. The van der Waals surface area contributed by atoms with Gasteiger partial charge in [0.2, 0.25) is 5.43 Å². The molecule has 0 aliphatic heterocycles. The number of aromatic nitrogens is 2. The van der Waals surface area contributed by atoms with E-state index in [1.807, 2.05) is 6.07 Å². The van der Waals surface area contributed by atoms with E-state index in [1.54, 1.807) is 18.2 Å². The van der Waals surface area contributed by atoms with Crippen LogP contribution >= 0.6 is 0 Å². The van der Waals surface area contributed by atoms with E-state index in [2.05, 4.69) is 15.5 Å². The Morgan fingerprint density at radius 2 is 2.00 bits per heavy atom. The number of fused-ring (bicyclic) bond motifs is 1. The SMILES string of the molecule is O=C(NC1CCCC1)c1n[nH]c2ccccc2c1=O. The van der Waals surface area contributed by atoms with Crippen LogP contribution in [0.3, 0.4) is 0 Å². The summed E-state index contributed by atoms with van der Waals surface area (Å²) in [7, 11) is 0. The third kappa shape index (κ3) is 2.23. The molecule has 0 atom stereocenters. The first-order valence-corrected chi connectivity index (χ1v) is 6.54. The van der Waals surface area contributed by atoms with Crippen molar-refractivity contribution in [2.45, 2.75) is 31.7 Å². The second kappa shape index (κ2) is 4.84. The molecule has 1 aliphatic rings. The van der Waals surface area contributed by atoms with Gasteiger partial charge >= 0.3 is 0 Å². The number of amides is 1. The van der Waals surface area contributed by atoms with Gasteiger partial charge in [-0.1, -0.05) is 25.0 Å². The molecule has 0 radical (unpaired) electrons. The molecule has 0 spiro atoms. The Hall–Kier alpha value is -2.17. The van der Waals surface area contributed by atoms with Crippen LogP contribution in [0.1, 0.15) is 36.2 Å². The van der Waals surface area contributed by atoms with Gasteiger partial charge in [-0.2, -0.15) is 5.10 Å². The van der Waals surface area contributed by atoms with E-state index in [0.717, 1.165) is 25.7 Å². The Bertz CT molecular complexity index is 672. The molecule has 0 saturated heterocycles. The van der Waals surface area contributed by atoms with Gasteiger partial charge in [0.1, 0.15) is 0 Å². The van der Waals surface area contributed by atoms with Crippen LogP contribution in [0.25, 0.3) is 10.9 Å². The van der Waals surface area contributed by atoms with E-state index < -0.39 is 0 Å². The molecule has 1 aromatic heterocycles. The molecule has 1 heterocycles. The lowest BCUT2D eigenvalue weighted by atomic mass is 10.2. The molecule has 19 heavy (non-hydrogen) atoms. The van der Waals surface area contributed by atoms with Gasteiger partial charge in [0, 0.05) is 11.4 Å². The number of para-hydroxylation sites is 1. The molecular formula is C14H15N3O2. The van der Waals surface area contributed by atoms with Crippen molar-refractivity contribution in [2.75, 3.05) is 0 Å². The molecule has 1 aliphatic carbocycles. The van der Waals surface area contributed by atoms with Crippen LogP contribution in [-0.4, -0.2) is 22.1 Å². The van der Waals surface area contributed by atoms with Gasteiger partial charge in [0.15, 0.2) is 5.69 Å². The third-order valence-electron chi connectivity index (χ3n) is 3.58. The maximum absolute atomic E-state index is 12.2. The normalized spacial score (nSPS) is 15.8. The lowest BCUT2D eigenvalue weighted by molar-refractivity contribution is 0.0931. The van der Waals surface area contributed by atoms with Crippen molar-refractivity contribution in [3.8, 4) is 0 Å². The first-order chi connectivity index (χ1) is 9.25. The standard InChI is InChI=1S/C14H15N3O2/c18-13-10-7-3-4-8-11(10)16-17-12(13)14(19)15-9-5-1-2-6-9/h3-4,7-9H,1-2,5-6H2,(H,15,19)(H,16,18). The van der Waals surface area contributed by atoms with Crippen molar-refractivity contribution in [1.29, 1.82) is 0 Å². The molecule has 1 fully saturated rings. The number of hydrogen-bond acceptors (Lipinski definition) is 3. The summed E-state index contributed by atoms with van der Waals surface area (Å²) in [5, 5.41) is 10.0. The molecule has 5 nitrogen and oxygen atoms in total. The summed E-state index contributed by atoms with van der Waals surface area (Å²) in [4.78, 5) is 24.3. The Kier molecular flexibility index (Phi) is 3.03. The minimum Gasteiger partial charge on any atom is -0.348 e. The average molecular weight is 257 g/mol. The number of nitrogens with zero attached hydrogens (tertiary/aromatic N) is 1. The van der Waals surface area contributed by atoms with Crippen molar-refractivity contribution < 1.29 is 4.79 Å². The molecule has 1 saturated carbocycles. The smallest absolute Gasteiger partial charge is 0.276 e. The quantitative estimate of drug-likeness (QED) is 0.858. The lowest BCUT2D eigenvalue weighted by Gasteiger charge is -2.10. The fraction of sp³-hybridized carbons (Fsp3) is 0.357. The fourth-order valence-electron chi connectivity index (χ4n) is 2.55. The molecule has 1 aromatic carbocycles. The van der Waals surface area contributed by atoms with Crippen LogP contribution in [0.15, 0.2) is 29.1 Å². The van der Waals surface area contributed by atoms with Gasteiger partial charge in [-0.25, -0.2) is 0 Å². The van der Waals surface area contributed by atoms with E-state index in [9.17, 15) is 9.59 Å². The molecule has 1 amide bonds. The van der Waals surface area contributed by atoms with Gasteiger partial charge in [-0.3, -0.25) is 14.7 Å². The van der Waals surface area contributed by atoms with Gasteiger partial charge in [-0.05, 0) is 25.0 Å². The van der Waals surface area contributed by atoms with Crippen molar-refractivity contribution in [1.82, 2.24) is 15.5 Å². The highest BCUT2D eigenvalue weighted by molar-refractivity contribution is 5.95. The van der Waals surface area contributed by atoms with Gasteiger partial charge in [-0.15, -0.1) is 0 Å². The van der Waals surface area contributed by atoms with E-state index in [4.69, 9.17) is 0 Å². The molecule has 5 heteroatoms. The second-order valence-corrected chi connectivity index (χ2v) is 4.90. The van der Waals surface area contributed by atoms with Crippen LogP contribution in [0.5, 0.6) is 0 Å². The number of rotatable bonds is 2. The zero-order chi connectivity index (χ0) is 13.2. The van der Waals surface area contributed by atoms with Crippen molar-refractivity contribution >= 4 is 16.8 Å². The molecule has 0 unspecified atom stereocenters. The highest BCUT2D eigenvalue weighted by atomic mass is 16.2. The molecule has 2 aromatic rings. The summed E-state index contributed by atoms with van der Waals surface area (Å²) in [5.74, 6) is -0.376. The Labute approximate surface area is 110 Å². The maximum atomic E-state index is 12.2. The van der Waals surface area contributed by atoms with E-state index in [-0.39, 0.29) is 23.1 Å². The Morgan fingerprint density at radius 3 is 2.79 bits per heavy atom.